The largest absolute Gasteiger partial charge is 0.481 e. The van der Waals surface area contributed by atoms with Crippen molar-refractivity contribution in [1.29, 1.82) is 0 Å². The highest BCUT2D eigenvalue weighted by molar-refractivity contribution is 5.78. The maximum absolute atomic E-state index is 11.5. The van der Waals surface area contributed by atoms with Crippen LogP contribution in [0.4, 0.5) is 4.79 Å². The molecule has 2 amide bonds. The van der Waals surface area contributed by atoms with E-state index >= 15 is 0 Å². The summed E-state index contributed by atoms with van der Waals surface area (Å²) in [6, 6.07) is 3.30. The van der Waals surface area contributed by atoms with Crippen LogP contribution in [0.2, 0.25) is 0 Å². The number of carboxylic acids is 1. The second-order valence-corrected chi connectivity index (χ2v) is 4.88. The summed E-state index contributed by atoms with van der Waals surface area (Å²) in [6.45, 7) is 0.647. The average molecular weight is 266 g/mol. The van der Waals surface area contributed by atoms with Gasteiger partial charge in [-0.1, -0.05) is 6.42 Å². The number of carboxylic acid groups (broad SMARTS) is 1. The Kier molecular flexibility index (Phi) is 4.09. The lowest BCUT2D eigenvalue weighted by Gasteiger charge is -2.37. The molecular formula is C13H18N2O4. The van der Waals surface area contributed by atoms with Crippen LogP contribution in [0.15, 0.2) is 22.8 Å². The topological polar surface area (TPSA) is 91.6 Å². The van der Waals surface area contributed by atoms with Crippen LogP contribution >= 0.6 is 0 Å². The Balaban J connectivity index is 1.66. The van der Waals surface area contributed by atoms with Gasteiger partial charge in [-0.2, -0.15) is 0 Å². The van der Waals surface area contributed by atoms with Gasteiger partial charge in [0, 0.05) is 19.5 Å². The second-order valence-electron chi connectivity index (χ2n) is 4.88. The summed E-state index contributed by atoms with van der Waals surface area (Å²) in [6.07, 6.45) is 4.38. The Bertz CT molecular complexity index is 438. The molecule has 1 aliphatic carbocycles. The molecule has 1 saturated carbocycles. The van der Waals surface area contributed by atoms with Gasteiger partial charge in [0.1, 0.15) is 5.76 Å². The molecule has 0 aromatic carbocycles. The zero-order valence-electron chi connectivity index (χ0n) is 10.6. The van der Waals surface area contributed by atoms with Crippen molar-refractivity contribution in [2.24, 2.45) is 5.41 Å². The van der Waals surface area contributed by atoms with Gasteiger partial charge < -0.3 is 20.2 Å². The van der Waals surface area contributed by atoms with Gasteiger partial charge in [-0.3, -0.25) is 4.79 Å². The monoisotopic (exact) mass is 266 g/mol. The molecule has 0 aliphatic heterocycles. The summed E-state index contributed by atoms with van der Waals surface area (Å²) in [5, 5.41) is 14.4. The number of rotatable bonds is 6. The zero-order valence-corrected chi connectivity index (χ0v) is 10.6. The van der Waals surface area contributed by atoms with E-state index < -0.39 is 11.4 Å². The second kappa shape index (κ2) is 5.77. The number of furan rings is 1. The fourth-order valence-electron chi connectivity index (χ4n) is 2.14. The molecule has 0 unspecified atom stereocenters. The summed E-state index contributed by atoms with van der Waals surface area (Å²) in [5.74, 6) is -0.0177. The van der Waals surface area contributed by atoms with E-state index in [0.717, 1.165) is 12.2 Å². The minimum absolute atomic E-state index is 0.189. The lowest BCUT2D eigenvalue weighted by Crippen LogP contribution is -2.49. The number of urea groups is 1. The molecule has 1 aromatic heterocycles. The van der Waals surface area contributed by atoms with Crippen molar-refractivity contribution in [3.05, 3.63) is 24.2 Å². The van der Waals surface area contributed by atoms with Gasteiger partial charge in [0.25, 0.3) is 0 Å². The first kappa shape index (κ1) is 13.5. The van der Waals surface area contributed by atoms with Crippen LogP contribution in [0.5, 0.6) is 0 Å². The highest BCUT2D eigenvalue weighted by Gasteiger charge is 2.44. The molecule has 1 heterocycles. The van der Waals surface area contributed by atoms with E-state index in [0.29, 0.717) is 25.8 Å². The molecule has 1 aliphatic rings. The summed E-state index contributed by atoms with van der Waals surface area (Å²) in [7, 11) is 0. The van der Waals surface area contributed by atoms with Gasteiger partial charge >= 0.3 is 12.0 Å². The summed E-state index contributed by atoms with van der Waals surface area (Å²) in [5.41, 5.74) is -0.752. The van der Waals surface area contributed by atoms with E-state index in [1.165, 1.54) is 0 Å². The van der Waals surface area contributed by atoms with Gasteiger partial charge in [-0.25, -0.2) is 4.79 Å². The maximum Gasteiger partial charge on any atom is 0.314 e. The molecule has 3 N–H and O–H groups in total. The van der Waals surface area contributed by atoms with Gasteiger partial charge in [0.2, 0.25) is 0 Å². The molecule has 6 nitrogen and oxygen atoms in total. The SMILES string of the molecule is O=C(NCCc1ccco1)NCC1(C(=O)O)CCC1. The first-order chi connectivity index (χ1) is 9.12. The van der Waals surface area contributed by atoms with E-state index in [1.807, 2.05) is 6.07 Å². The first-order valence-electron chi connectivity index (χ1n) is 6.40. The highest BCUT2D eigenvalue weighted by atomic mass is 16.4. The maximum atomic E-state index is 11.5. The van der Waals surface area contributed by atoms with Crippen molar-refractivity contribution in [2.75, 3.05) is 13.1 Å². The predicted molar refractivity (Wildman–Crippen MR) is 67.7 cm³/mol. The number of carbonyl (C=O) groups is 2. The van der Waals surface area contributed by atoms with Gasteiger partial charge in [0.15, 0.2) is 0 Å². The average Bonchev–Trinajstić information content (AvgIpc) is 2.80. The molecule has 6 heteroatoms. The van der Waals surface area contributed by atoms with E-state index in [1.54, 1.807) is 12.3 Å². The third kappa shape index (κ3) is 3.27. The zero-order chi connectivity index (χ0) is 13.7. The summed E-state index contributed by atoms with van der Waals surface area (Å²) < 4.78 is 5.14. The van der Waals surface area contributed by atoms with Gasteiger partial charge in [-0.15, -0.1) is 0 Å². The van der Waals surface area contributed by atoms with Crippen molar-refractivity contribution >= 4 is 12.0 Å². The smallest absolute Gasteiger partial charge is 0.314 e. The summed E-state index contributed by atoms with van der Waals surface area (Å²) >= 11 is 0. The minimum Gasteiger partial charge on any atom is -0.481 e. The third-order valence-corrected chi connectivity index (χ3v) is 3.59. The number of hydrogen-bond donors (Lipinski definition) is 3. The van der Waals surface area contributed by atoms with Crippen molar-refractivity contribution in [1.82, 2.24) is 10.6 Å². The number of nitrogens with one attached hydrogen (secondary N) is 2. The van der Waals surface area contributed by atoms with Crippen LogP contribution in [0.1, 0.15) is 25.0 Å². The lowest BCUT2D eigenvalue weighted by molar-refractivity contribution is -0.153. The Hall–Kier alpha value is -1.98. The van der Waals surface area contributed by atoms with Gasteiger partial charge in [0.05, 0.1) is 11.7 Å². The third-order valence-electron chi connectivity index (χ3n) is 3.59. The van der Waals surface area contributed by atoms with Crippen molar-refractivity contribution in [3.8, 4) is 0 Å². The Morgan fingerprint density at radius 1 is 1.37 bits per heavy atom. The van der Waals surface area contributed by atoms with E-state index in [9.17, 15) is 9.59 Å². The fourth-order valence-corrected chi connectivity index (χ4v) is 2.14. The molecule has 104 valence electrons. The Morgan fingerprint density at radius 3 is 2.68 bits per heavy atom. The van der Waals surface area contributed by atoms with Crippen LogP contribution in [0, 0.1) is 5.41 Å². The van der Waals surface area contributed by atoms with Crippen LogP contribution in [-0.4, -0.2) is 30.2 Å². The van der Waals surface area contributed by atoms with E-state index in [-0.39, 0.29) is 12.6 Å². The first-order valence-corrected chi connectivity index (χ1v) is 6.40. The normalized spacial score (nSPS) is 16.4. The molecular weight excluding hydrogens is 248 g/mol. The van der Waals surface area contributed by atoms with Crippen LogP contribution in [-0.2, 0) is 11.2 Å². The molecule has 0 bridgehead atoms. The standard InChI is InChI=1S/C13H18N2O4/c16-11(17)13(5-2-6-13)9-15-12(18)14-7-4-10-3-1-8-19-10/h1,3,8H,2,4-7,9H2,(H,16,17)(H2,14,15,18). The molecule has 0 radical (unpaired) electrons. The van der Waals surface area contributed by atoms with Gasteiger partial charge in [-0.05, 0) is 25.0 Å². The fraction of sp³-hybridized carbons (Fsp3) is 0.538. The van der Waals surface area contributed by atoms with E-state index in [2.05, 4.69) is 10.6 Å². The van der Waals surface area contributed by atoms with Crippen molar-refractivity contribution in [2.45, 2.75) is 25.7 Å². The summed E-state index contributed by atoms with van der Waals surface area (Å²) in [4.78, 5) is 22.6. The molecule has 1 aromatic rings. The molecule has 0 saturated heterocycles. The molecule has 2 rings (SSSR count). The predicted octanol–water partition coefficient (Wildman–Crippen LogP) is 1.38. The molecule has 0 spiro atoms. The molecule has 19 heavy (non-hydrogen) atoms. The number of amides is 2. The highest BCUT2D eigenvalue weighted by Crippen LogP contribution is 2.40. The quantitative estimate of drug-likeness (QED) is 0.725. The molecule has 1 fully saturated rings. The van der Waals surface area contributed by atoms with Crippen LogP contribution in [0.25, 0.3) is 0 Å². The number of hydrogen-bond acceptors (Lipinski definition) is 3. The van der Waals surface area contributed by atoms with Crippen molar-refractivity contribution < 1.29 is 19.1 Å². The lowest BCUT2D eigenvalue weighted by atomic mass is 9.69. The minimum atomic E-state index is -0.824. The van der Waals surface area contributed by atoms with Crippen LogP contribution in [0.3, 0.4) is 0 Å². The molecule has 0 atom stereocenters. The Labute approximate surface area is 111 Å². The van der Waals surface area contributed by atoms with Crippen LogP contribution < -0.4 is 10.6 Å². The Morgan fingerprint density at radius 2 is 2.16 bits per heavy atom. The van der Waals surface area contributed by atoms with Crippen molar-refractivity contribution in [3.63, 3.8) is 0 Å². The number of carbonyl (C=O) groups excluding carboxylic acids is 1. The van der Waals surface area contributed by atoms with E-state index in [4.69, 9.17) is 9.52 Å². The number of aliphatic carboxylic acids is 1.